The van der Waals surface area contributed by atoms with Crippen molar-refractivity contribution in [2.45, 2.75) is 68.7 Å². The Morgan fingerprint density at radius 3 is 2.43 bits per heavy atom. The number of thiophene rings is 1. The fourth-order valence-electron chi connectivity index (χ4n) is 3.98. The first-order valence-electron chi connectivity index (χ1n) is 8.26. The highest BCUT2D eigenvalue weighted by atomic mass is 32.1. The molecule has 1 aromatic heterocycles. The second-order valence-corrected chi connectivity index (χ2v) is 7.81. The summed E-state index contributed by atoms with van der Waals surface area (Å²) < 4.78 is 0. The number of carbonyl (C=O) groups excluding carboxylic acids is 1. The van der Waals surface area contributed by atoms with Crippen molar-refractivity contribution >= 4 is 17.2 Å². The maximum absolute atomic E-state index is 12.5. The fourth-order valence-corrected chi connectivity index (χ4v) is 4.96. The zero-order valence-electron chi connectivity index (χ0n) is 12.7. The van der Waals surface area contributed by atoms with E-state index < -0.39 is 5.54 Å². The molecule has 0 aromatic carbocycles. The van der Waals surface area contributed by atoms with Gasteiger partial charge in [0.25, 0.3) is 0 Å². The molecule has 3 nitrogen and oxygen atoms in total. The molecule has 3 rings (SSSR count). The van der Waals surface area contributed by atoms with Gasteiger partial charge in [0.2, 0.25) is 5.91 Å². The summed E-state index contributed by atoms with van der Waals surface area (Å²) >= 11 is 1.83. The van der Waals surface area contributed by atoms with Crippen LogP contribution in [-0.4, -0.2) is 18.0 Å². The predicted octanol–water partition coefficient (Wildman–Crippen LogP) is 3.34. The van der Waals surface area contributed by atoms with Crippen LogP contribution in [0.4, 0.5) is 0 Å². The topological polar surface area (TPSA) is 55.1 Å². The third-order valence-electron chi connectivity index (χ3n) is 5.39. The molecule has 0 aliphatic heterocycles. The molecule has 2 aliphatic carbocycles. The summed E-state index contributed by atoms with van der Waals surface area (Å²) in [6, 6.07) is 4.36. The number of carbonyl (C=O) groups is 1. The maximum atomic E-state index is 12.5. The predicted molar refractivity (Wildman–Crippen MR) is 87.5 cm³/mol. The quantitative estimate of drug-likeness (QED) is 0.896. The van der Waals surface area contributed by atoms with Crippen LogP contribution in [0.25, 0.3) is 0 Å². The lowest BCUT2D eigenvalue weighted by Gasteiger charge is -2.37. The van der Waals surface area contributed by atoms with E-state index in [0.717, 1.165) is 32.2 Å². The molecule has 0 bridgehead atoms. The van der Waals surface area contributed by atoms with Crippen LogP contribution in [0, 0.1) is 0 Å². The second-order valence-electron chi connectivity index (χ2n) is 6.86. The van der Waals surface area contributed by atoms with Crippen LogP contribution in [0.1, 0.15) is 62.7 Å². The molecule has 0 atom stereocenters. The van der Waals surface area contributed by atoms with Gasteiger partial charge in [-0.15, -0.1) is 11.3 Å². The second kappa shape index (κ2) is 6.09. The van der Waals surface area contributed by atoms with Gasteiger partial charge in [0.05, 0.1) is 5.54 Å². The molecule has 1 aromatic rings. The van der Waals surface area contributed by atoms with Crippen LogP contribution in [-0.2, 0) is 10.2 Å². The Kier molecular flexibility index (Phi) is 4.36. The molecular formula is C17H26N2OS. The molecule has 2 saturated carbocycles. The van der Waals surface area contributed by atoms with E-state index >= 15 is 0 Å². The lowest BCUT2D eigenvalue weighted by molar-refractivity contribution is -0.126. The zero-order valence-corrected chi connectivity index (χ0v) is 13.5. The molecular weight excluding hydrogens is 280 g/mol. The van der Waals surface area contributed by atoms with Crippen LogP contribution < -0.4 is 11.1 Å². The van der Waals surface area contributed by atoms with Crippen molar-refractivity contribution in [3.05, 3.63) is 22.4 Å². The van der Waals surface area contributed by atoms with Crippen LogP contribution in [0.3, 0.4) is 0 Å². The molecule has 1 heterocycles. The van der Waals surface area contributed by atoms with Gasteiger partial charge in [0, 0.05) is 16.8 Å². The minimum Gasteiger partial charge on any atom is -0.354 e. The van der Waals surface area contributed by atoms with Crippen molar-refractivity contribution in [2.75, 3.05) is 6.54 Å². The van der Waals surface area contributed by atoms with Gasteiger partial charge in [-0.25, -0.2) is 0 Å². The third-order valence-corrected chi connectivity index (χ3v) is 6.51. The number of hydrogen-bond donors (Lipinski definition) is 2. The molecule has 0 radical (unpaired) electrons. The fraction of sp³-hybridized carbons (Fsp3) is 0.706. The van der Waals surface area contributed by atoms with Gasteiger partial charge in [0.1, 0.15) is 0 Å². The van der Waals surface area contributed by atoms with Gasteiger partial charge in [-0.3, -0.25) is 4.79 Å². The maximum Gasteiger partial charge on any atom is 0.240 e. The van der Waals surface area contributed by atoms with E-state index in [4.69, 9.17) is 5.73 Å². The highest BCUT2D eigenvalue weighted by molar-refractivity contribution is 7.10. The monoisotopic (exact) mass is 306 g/mol. The standard InChI is InChI=1S/C17H26N2OS/c18-17(10-4-5-11-17)15(20)19-13-16(8-2-1-3-9-16)14-7-6-12-21-14/h6-7,12H,1-5,8-11,13,18H2,(H,19,20). The van der Waals surface area contributed by atoms with Crippen molar-refractivity contribution in [3.8, 4) is 0 Å². The van der Waals surface area contributed by atoms with Crippen molar-refractivity contribution in [1.29, 1.82) is 0 Å². The van der Waals surface area contributed by atoms with Gasteiger partial charge in [-0.05, 0) is 37.1 Å². The zero-order chi connectivity index (χ0) is 14.8. The number of amides is 1. The Morgan fingerprint density at radius 1 is 1.14 bits per heavy atom. The van der Waals surface area contributed by atoms with E-state index in [0.29, 0.717) is 0 Å². The van der Waals surface area contributed by atoms with Crippen molar-refractivity contribution < 1.29 is 4.79 Å². The molecule has 0 spiro atoms. The highest BCUT2D eigenvalue weighted by Gasteiger charge is 2.40. The van der Waals surface area contributed by atoms with E-state index in [1.807, 2.05) is 11.3 Å². The van der Waals surface area contributed by atoms with Gasteiger partial charge >= 0.3 is 0 Å². The first-order valence-corrected chi connectivity index (χ1v) is 9.14. The number of rotatable bonds is 4. The van der Waals surface area contributed by atoms with Gasteiger partial charge in [0.15, 0.2) is 0 Å². The lowest BCUT2D eigenvalue weighted by atomic mass is 9.73. The first-order chi connectivity index (χ1) is 10.1. The van der Waals surface area contributed by atoms with Gasteiger partial charge in [-0.1, -0.05) is 38.2 Å². The Hall–Kier alpha value is -0.870. The SMILES string of the molecule is NC1(C(=O)NCC2(c3cccs3)CCCCC2)CCCC1. The average Bonchev–Trinajstić information content (AvgIpc) is 3.18. The largest absolute Gasteiger partial charge is 0.354 e. The molecule has 3 N–H and O–H groups in total. The van der Waals surface area contributed by atoms with E-state index in [-0.39, 0.29) is 11.3 Å². The van der Waals surface area contributed by atoms with Crippen LogP contribution in [0.5, 0.6) is 0 Å². The van der Waals surface area contributed by atoms with Crippen LogP contribution in [0.2, 0.25) is 0 Å². The normalized spacial score (nSPS) is 23.9. The minimum absolute atomic E-state index is 0.0708. The Bertz CT molecular complexity index is 471. The smallest absolute Gasteiger partial charge is 0.240 e. The summed E-state index contributed by atoms with van der Waals surface area (Å²) in [4.78, 5) is 13.9. The average molecular weight is 306 g/mol. The Morgan fingerprint density at radius 2 is 1.81 bits per heavy atom. The van der Waals surface area contributed by atoms with Crippen molar-refractivity contribution in [3.63, 3.8) is 0 Å². The number of hydrogen-bond acceptors (Lipinski definition) is 3. The van der Waals surface area contributed by atoms with E-state index in [1.54, 1.807) is 0 Å². The van der Waals surface area contributed by atoms with Crippen LogP contribution in [0.15, 0.2) is 17.5 Å². The van der Waals surface area contributed by atoms with Gasteiger partial charge < -0.3 is 11.1 Å². The third kappa shape index (κ3) is 3.02. The van der Waals surface area contributed by atoms with Crippen LogP contribution >= 0.6 is 11.3 Å². The summed E-state index contributed by atoms with van der Waals surface area (Å²) in [5.74, 6) is 0.0708. The Balaban J connectivity index is 1.69. The summed E-state index contributed by atoms with van der Waals surface area (Å²) in [6.45, 7) is 0.755. The summed E-state index contributed by atoms with van der Waals surface area (Å²) in [7, 11) is 0. The van der Waals surface area contributed by atoms with E-state index in [1.165, 1.54) is 37.0 Å². The highest BCUT2D eigenvalue weighted by Crippen LogP contribution is 2.41. The van der Waals surface area contributed by atoms with Gasteiger partial charge in [-0.2, -0.15) is 0 Å². The lowest BCUT2D eigenvalue weighted by Crippen LogP contribution is -2.54. The molecule has 4 heteroatoms. The molecule has 1 amide bonds. The summed E-state index contributed by atoms with van der Waals surface area (Å²) in [5, 5.41) is 5.35. The molecule has 0 saturated heterocycles. The molecule has 2 aliphatic rings. The minimum atomic E-state index is -0.606. The molecule has 21 heavy (non-hydrogen) atoms. The summed E-state index contributed by atoms with van der Waals surface area (Å²) in [6.07, 6.45) is 10.1. The molecule has 0 unspecified atom stereocenters. The number of nitrogens with two attached hydrogens (primary N) is 1. The van der Waals surface area contributed by atoms with Crippen molar-refractivity contribution in [1.82, 2.24) is 5.32 Å². The molecule has 116 valence electrons. The molecule has 2 fully saturated rings. The van der Waals surface area contributed by atoms with E-state index in [9.17, 15) is 4.79 Å². The van der Waals surface area contributed by atoms with E-state index in [2.05, 4.69) is 22.8 Å². The van der Waals surface area contributed by atoms with Crippen molar-refractivity contribution in [2.24, 2.45) is 5.73 Å². The summed E-state index contributed by atoms with van der Waals surface area (Å²) in [5.41, 5.74) is 5.81. The first kappa shape index (κ1) is 15.0. The Labute approximate surface area is 131 Å². The number of nitrogens with one attached hydrogen (secondary N) is 1.